The normalized spacial score (nSPS) is 10.8. The van der Waals surface area contributed by atoms with Gasteiger partial charge in [-0.15, -0.1) is 10.2 Å². The van der Waals surface area contributed by atoms with Crippen LogP contribution in [0.25, 0.3) is 11.5 Å². The predicted octanol–water partition coefficient (Wildman–Crippen LogP) is 4.28. The van der Waals surface area contributed by atoms with Crippen molar-refractivity contribution in [2.75, 3.05) is 17.8 Å². The van der Waals surface area contributed by atoms with E-state index in [1.807, 2.05) is 68.4 Å². The Hall–Kier alpha value is -2.80. The summed E-state index contributed by atoms with van der Waals surface area (Å²) in [6.45, 7) is 3.98. The van der Waals surface area contributed by atoms with Crippen molar-refractivity contribution in [3.8, 4) is 17.2 Å². The molecule has 0 atom stereocenters. The van der Waals surface area contributed by atoms with Gasteiger partial charge in [0, 0.05) is 17.3 Å². The molecule has 7 heteroatoms. The van der Waals surface area contributed by atoms with Crippen LogP contribution in [-0.2, 0) is 4.79 Å². The van der Waals surface area contributed by atoms with Crippen LogP contribution >= 0.6 is 11.8 Å². The second kappa shape index (κ2) is 8.73. The van der Waals surface area contributed by atoms with Crippen molar-refractivity contribution in [3.05, 3.63) is 54.6 Å². The van der Waals surface area contributed by atoms with E-state index in [9.17, 15) is 4.79 Å². The lowest BCUT2D eigenvalue weighted by atomic mass is 10.2. The lowest BCUT2D eigenvalue weighted by molar-refractivity contribution is -0.116. The van der Waals surface area contributed by atoms with Crippen LogP contribution in [0.5, 0.6) is 5.75 Å². The average Bonchev–Trinajstić information content (AvgIpc) is 3.16. The SMILES string of the molecule is COc1ccc(-c2nnc(SCC(=O)N(c3ccccc3)C(C)C)o2)cc1. The second-order valence-electron chi connectivity index (χ2n) is 6.08. The largest absolute Gasteiger partial charge is 0.497 e. The predicted molar refractivity (Wildman–Crippen MR) is 106 cm³/mol. The van der Waals surface area contributed by atoms with E-state index < -0.39 is 0 Å². The molecule has 0 saturated carbocycles. The van der Waals surface area contributed by atoms with Gasteiger partial charge in [0.1, 0.15) is 5.75 Å². The highest BCUT2D eigenvalue weighted by atomic mass is 32.2. The minimum Gasteiger partial charge on any atom is -0.497 e. The minimum atomic E-state index is -0.00889. The monoisotopic (exact) mass is 383 g/mol. The van der Waals surface area contributed by atoms with Gasteiger partial charge >= 0.3 is 0 Å². The zero-order valence-electron chi connectivity index (χ0n) is 15.5. The summed E-state index contributed by atoms with van der Waals surface area (Å²) in [6.07, 6.45) is 0. The van der Waals surface area contributed by atoms with Crippen molar-refractivity contribution in [1.82, 2.24) is 10.2 Å². The molecule has 0 saturated heterocycles. The molecule has 0 unspecified atom stereocenters. The summed E-state index contributed by atoms with van der Waals surface area (Å²) in [6, 6.07) is 17.0. The van der Waals surface area contributed by atoms with Crippen LogP contribution in [0.3, 0.4) is 0 Å². The molecule has 1 amide bonds. The molecule has 0 aliphatic carbocycles. The van der Waals surface area contributed by atoms with E-state index in [2.05, 4.69) is 10.2 Å². The van der Waals surface area contributed by atoms with Crippen LogP contribution in [0.4, 0.5) is 5.69 Å². The van der Waals surface area contributed by atoms with Crippen LogP contribution in [0.2, 0.25) is 0 Å². The number of carbonyl (C=O) groups excluding carboxylic acids is 1. The van der Waals surface area contributed by atoms with E-state index in [-0.39, 0.29) is 17.7 Å². The van der Waals surface area contributed by atoms with Gasteiger partial charge in [0.2, 0.25) is 11.8 Å². The molecule has 0 N–H and O–H groups in total. The van der Waals surface area contributed by atoms with Crippen LogP contribution < -0.4 is 9.64 Å². The standard InChI is InChI=1S/C20H21N3O3S/c1-14(2)23(16-7-5-4-6-8-16)18(24)13-27-20-22-21-19(26-20)15-9-11-17(25-3)12-10-15/h4-12,14H,13H2,1-3H3. The fourth-order valence-corrected chi connectivity index (χ4v) is 3.25. The molecular formula is C20H21N3O3S. The van der Waals surface area contributed by atoms with E-state index >= 15 is 0 Å². The maximum absolute atomic E-state index is 12.7. The molecule has 0 aliphatic rings. The van der Waals surface area contributed by atoms with E-state index in [0.717, 1.165) is 17.0 Å². The van der Waals surface area contributed by atoms with Crippen molar-refractivity contribution in [2.45, 2.75) is 25.1 Å². The number of nitrogens with zero attached hydrogens (tertiary/aromatic N) is 3. The third-order valence-electron chi connectivity index (χ3n) is 3.88. The molecule has 0 spiro atoms. The van der Waals surface area contributed by atoms with E-state index in [0.29, 0.717) is 11.1 Å². The minimum absolute atomic E-state index is 0.00889. The highest BCUT2D eigenvalue weighted by Gasteiger charge is 2.20. The first kappa shape index (κ1) is 19.0. The van der Waals surface area contributed by atoms with Crippen LogP contribution in [0.1, 0.15) is 13.8 Å². The van der Waals surface area contributed by atoms with Crippen LogP contribution in [0, 0.1) is 0 Å². The third kappa shape index (κ3) is 4.68. The smallest absolute Gasteiger partial charge is 0.277 e. The first-order valence-corrected chi connectivity index (χ1v) is 9.55. The maximum atomic E-state index is 12.7. The number of rotatable bonds is 7. The quantitative estimate of drug-likeness (QED) is 0.567. The summed E-state index contributed by atoms with van der Waals surface area (Å²) in [7, 11) is 1.61. The fourth-order valence-electron chi connectivity index (χ4n) is 2.63. The summed E-state index contributed by atoms with van der Waals surface area (Å²) in [5.74, 6) is 1.38. The maximum Gasteiger partial charge on any atom is 0.277 e. The Balaban J connectivity index is 1.65. The van der Waals surface area contributed by atoms with E-state index in [1.54, 1.807) is 12.0 Å². The number of benzene rings is 2. The van der Waals surface area contributed by atoms with Crippen molar-refractivity contribution in [3.63, 3.8) is 0 Å². The summed E-state index contributed by atoms with van der Waals surface area (Å²) in [5, 5.41) is 8.45. The molecule has 0 radical (unpaired) electrons. The molecule has 3 aromatic rings. The molecule has 1 heterocycles. The van der Waals surface area contributed by atoms with Crippen LogP contribution in [-0.4, -0.2) is 35.0 Å². The number of hydrogen-bond donors (Lipinski definition) is 0. The number of para-hydroxylation sites is 1. The van der Waals surface area contributed by atoms with Crippen molar-refractivity contribution < 1.29 is 13.9 Å². The van der Waals surface area contributed by atoms with Crippen molar-refractivity contribution >= 4 is 23.4 Å². The van der Waals surface area contributed by atoms with Gasteiger partial charge in [-0.05, 0) is 50.2 Å². The Bertz CT molecular complexity index is 879. The Morgan fingerprint density at radius 3 is 2.44 bits per heavy atom. The zero-order valence-corrected chi connectivity index (χ0v) is 16.3. The van der Waals surface area contributed by atoms with Gasteiger partial charge in [0.15, 0.2) is 0 Å². The Morgan fingerprint density at radius 2 is 1.81 bits per heavy atom. The first-order chi connectivity index (χ1) is 13.1. The third-order valence-corrected chi connectivity index (χ3v) is 4.69. The number of ether oxygens (including phenoxy) is 1. The molecule has 2 aromatic carbocycles. The number of hydrogen-bond acceptors (Lipinski definition) is 6. The van der Waals surface area contributed by atoms with Gasteiger partial charge in [0.05, 0.1) is 12.9 Å². The summed E-state index contributed by atoms with van der Waals surface area (Å²) < 4.78 is 10.8. The van der Waals surface area contributed by atoms with Gasteiger partial charge in [-0.1, -0.05) is 30.0 Å². The lowest BCUT2D eigenvalue weighted by Gasteiger charge is -2.26. The molecule has 0 bridgehead atoms. The molecule has 27 heavy (non-hydrogen) atoms. The van der Waals surface area contributed by atoms with Gasteiger partial charge in [-0.3, -0.25) is 4.79 Å². The van der Waals surface area contributed by atoms with Crippen molar-refractivity contribution in [2.24, 2.45) is 0 Å². The number of anilines is 1. The Labute approximate surface area is 162 Å². The number of methoxy groups -OCH3 is 1. The topological polar surface area (TPSA) is 68.5 Å². The van der Waals surface area contributed by atoms with Crippen molar-refractivity contribution in [1.29, 1.82) is 0 Å². The molecule has 1 aromatic heterocycles. The Morgan fingerprint density at radius 1 is 1.11 bits per heavy atom. The van der Waals surface area contributed by atoms with Gasteiger partial charge in [0.25, 0.3) is 5.22 Å². The average molecular weight is 383 g/mol. The molecule has 0 aliphatic heterocycles. The highest BCUT2D eigenvalue weighted by molar-refractivity contribution is 7.99. The highest BCUT2D eigenvalue weighted by Crippen LogP contribution is 2.26. The van der Waals surface area contributed by atoms with Gasteiger partial charge in [-0.25, -0.2) is 0 Å². The second-order valence-corrected chi connectivity index (χ2v) is 7.01. The zero-order chi connectivity index (χ0) is 19.2. The lowest BCUT2D eigenvalue weighted by Crippen LogP contribution is -2.38. The molecule has 0 fully saturated rings. The first-order valence-electron chi connectivity index (χ1n) is 8.56. The van der Waals surface area contributed by atoms with Crippen LogP contribution in [0.15, 0.2) is 64.2 Å². The van der Waals surface area contributed by atoms with Gasteiger partial charge < -0.3 is 14.1 Å². The summed E-state index contributed by atoms with van der Waals surface area (Å²) in [5.41, 5.74) is 1.68. The van der Waals surface area contributed by atoms with E-state index in [4.69, 9.17) is 9.15 Å². The molecular weight excluding hydrogens is 362 g/mol. The number of amides is 1. The fraction of sp³-hybridized carbons (Fsp3) is 0.250. The van der Waals surface area contributed by atoms with E-state index in [1.165, 1.54) is 11.8 Å². The number of thioether (sulfide) groups is 1. The number of aromatic nitrogens is 2. The molecule has 140 valence electrons. The Kier molecular flexibility index (Phi) is 6.13. The molecule has 6 nitrogen and oxygen atoms in total. The molecule has 3 rings (SSSR count). The number of carbonyl (C=O) groups is 1. The van der Waals surface area contributed by atoms with Gasteiger partial charge in [-0.2, -0.15) is 0 Å². The summed E-state index contributed by atoms with van der Waals surface area (Å²) in [4.78, 5) is 14.5. The summed E-state index contributed by atoms with van der Waals surface area (Å²) >= 11 is 1.24.